The largest absolute Gasteiger partial charge is 0.488 e. The predicted molar refractivity (Wildman–Crippen MR) is 65.9 cm³/mol. The van der Waals surface area contributed by atoms with Gasteiger partial charge < -0.3 is 15.4 Å². The number of alkyl halides is 2. The fraction of sp³-hybridized carbons (Fsp3) is 0.500. The minimum Gasteiger partial charge on any atom is -0.488 e. The van der Waals surface area contributed by atoms with Crippen molar-refractivity contribution in [3.63, 3.8) is 0 Å². The van der Waals surface area contributed by atoms with E-state index in [2.05, 4.69) is 0 Å². The molecule has 1 aromatic rings. The third-order valence-corrected chi connectivity index (χ3v) is 2.27. The van der Waals surface area contributed by atoms with Crippen LogP contribution in [-0.2, 0) is 0 Å². The van der Waals surface area contributed by atoms with Crippen molar-refractivity contribution in [2.75, 3.05) is 24.2 Å². The van der Waals surface area contributed by atoms with Crippen molar-refractivity contribution in [3.8, 4) is 5.75 Å². The molecule has 0 saturated heterocycles. The van der Waals surface area contributed by atoms with E-state index in [-0.39, 0.29) is 17.5 Å². The van der Waals surface area contributed by atoms with Gasteiger partial charge >= 0.3 is 0 Å². The van der Waals surface area contributed by atoms with E-state index >= 15 is 0 Å². The maximum atomic E-state index is 13.5. The van der Waals surface area contributed by atoms with Crippen LogP contribution in [0.4, 0.5) is 24.5 Å². The standard InChI is InChI=1S/C12H17F3N2O/c1-7(2)18-11-5-10(9(16)4-8(11)13)17(3)6-12(14)15/h4-5,7,12H,6,16H2,1-3H3. The van der Waals surface area contributed by atoms with Crippen LogP contribution in [0.25, 0.3) is 0 Å². The van der Waals surface area contributed by atoms with Crippen LogP contribution in [0.1, 0.15) is 13.8 Å². The van der Waals surface area contributed by atoms with E-state index in [1.165, 1.54) is 18.0 Å². The Morgan fingerprint density at radius 3 is 2.44 bits per heavy atom. The second-order valence-corrected chi connectivity index (χ2v) is 4.28. The van der Waals surface area contributed by atoms with E-state index < -0.39 is 18.8 Å². The summed E-state index contributed by atoms with van der Waals surface area (Å²) >= 11 is 0. The molecule has 0 aromatic heterocycles. The Labute approximate surface area is 104 Å². The van der Waals surface area contributed by atoms with E-state index in [0.717, 1.165) is 6.07 Å². The zero-order valence-electron chi connectivity index (χ0n) is 10.6. The number of halogens is 3. The summed E-state index contributed by atoms with van der Waals surface area (Å²) in [5.41, 5.74) is 6.05. The second-order valence-electron chi connectivity index (χ2n) is 4.28. The van der Waals surface area contributed by atoms with Crippen LogP contribution in [-0.4, -0.2) is 26.1 Å². The Balaban J connectivity index is 3.04. The summed E-state index contributed by atoms with van der Waals surface area (Å²) in [4.78, 5) is 1.27. The number of nitrogens with zero attached hydrogens (tertiary/aromatic N) is 1. The molecule has 102 valence electrons. The minimum atomic E-state index is -2.49. The van der Waals surface area contributed by atoms with Crippen molar-refractivity contribution in [1.29, 1.82) is 0 Å². The molecule has 0 unspecified atom stereocenters. The Kier molecular flexibility index (Phi) is 4.69. The first kappa shape index (κ1) is 14.5. The highest BCUT2D eigenvalue weighted by Gasteiger charge is 2.15. The highest BCUT2D eigenvalue weighted by atomic mass is 19.3. The molecule has 0 heterocycles. The van der Waals surface area contributed by atoms with Crippen LogP contribution in [0.3, 0.4) is 0 Å². The minimum absolute atomic E-state index is 0.00955. The Morgan fingerprint density at radius 1 is 1.33 bits per heavy atom. The SMILES string of the molecule is CC(C)Oc1cc(N(C)CC(F)F)c(N)cc1F. The number of rotatable bonds is 5. The third-order valence-electron chi connectivity index (χ3n) is 2.27. The van der Waals surface area contributed by atoms with Gasteiger partial charge in [-0.3, -0.25) is 0 Å². The zero-order chi connectivity index (χ0) is 13.9. The number of anilines is 2. The number of nitrogen functional groups attached to an aromatic ring is 1. The van der Waals surface area contributed by atoms with Gasteiger partial charge in [0.25, 0.3) is 6.43 Å². The third kappa shape index (κ3) is 3.72. The average molecular weight is 262 g/mol. The number of hydrogen-bond acceptors (Lipinski definition) is 3. The van der Waals surface area contributed by atoms with E-state index in [1.807, 2.05) is 0 Å². The lowest BCUT2D eigenvalue weighted by atomic mass is 10.2. The predicted octanol–water partition coefficient (Wildman–Crippen LogP) is 2.90. The van der Waals surface area contributed by atoms with Crippen molar-refractivity contribution >= 4 is 11.4 Å². The maximum absolute atomic E-state index is 13.5. The summed E-state index contributed by atoms with van der Waals surface area (Å²) in [7, 11) is 1.47. The molecule has 3 nitrogen and oxygen atoms in total. The van der Waals surface area contributed by atoms with Crippen molar-refractivity contribution < 1.29 is 17.9 Å². The molecular formula is C12H17F3N2O. The Bertz CT molecular complexity index is 411. The van der Waals surface area contributed by atoms with Crippen molar-refractivity contribution in [3.05, 3.63) is 17.9 Å². The summed E-state index contributed by atoms with van der Waals surface area (Å²) in [6.45, 7) is 3.02. The molecule has 18 heavy (non-hydrogen) atoms. The van der Waals surface area contributed by atoms with E-state index in [4.69, 9.17) is 10.5 Å². The first-order valence-corrected chi connectivity index (χ1v) is 5.56. The van der Waals surface area contributed by atoms with Gasteiger partial charge in [-0.15, -0.1) is 0 Å². The quantitative estimate of drug-likeness (QED) is 0.829. The van der Waals surface area contributed by atoms with Crippen LogP contribution in [0.15, 0.2) is 12.1 Å². The molecule has 0 aliphatic carbocycles. The molecule has 0 saturated carbocycles. The first-order chi connectivity index (χ1) is 8.31. The topological polar surface area (TPSA) is 38.5 Å². The number of hydrogen-bond donors (Lipinski definition) is 1. The van der Waals surface area contributed by atoms with Crippen LogP contribution in [0.5, 0.6) is 5.75 Å². The molecule has 2 N–H and O–H groups in total. The van der Waals surface area contributed by atoms with E-state index in [0.29, 0.717) is 5.69 Å². The molecule has 0 atom stereocenters. The number of ether oxygens (including phenoxy) is 1. The van der Waals surface area contributed by atoms with Gasteiger partial charge in [-0.05, 0) is 13.8 Å². The molecule has 0 aliphatic heterocycles. The van der Waals surface area contributed by atoms with Crippen LogP contribution in [0, 0.1) is 5.82 Å². The molecule has 0 radical (unpaired) electrons. The van der Waals surface area contributed by atoms with Gasteiger partial charge in [0.1, 0.15) is 0 Å². The average Bonchev–Trinajstić information content (AvgIpc) is 2.20. The molecule has 6 heteroatoms. The molecule has 0 aliphatic rings. The van der Waals surface area contributed by atoms with Crippen LogP contribution >= 0.6 is 0 Å². The monoisotopic (exact) mass is 262 g/mol. The summed E-state index contributed by atoms with van der Waals surface area (Å²) in [6, 6.07) is 2.42. The van der Waals surface area contributed by atoms with Gasteiger partial charge in [0, 0.05) is 19.2 Å². The van der Waals surface area contributed by atoms with Gasteiger partial charge in [0.15, 0.2) is 11.6 Å². The summed E-state index contributed by atoms with van der Waals surface area (Å²) < 4.78 is 43.4. The zero-order valence-corrected chi connectivity index (χ0v) is 10.6. The van der Waals surface area contributed by atoms with Crippen molar-refractivity contribution in [1.82, 2.24) is 0 Å². The van der Waals surface area contributed by atoms with Crippen LogP contribution < -0.4 is 15.4 Å². The molecule has 0 amide bonds. The lowest BCUT2D eigenvalue weighted by Gasteiger charge is -2.22. The highest BCUT2D eigenvalue weighted by Crippen LogP contribution is 2.31. The first-order valence-electron chi connectivity index (χ1n) is 5.56. The van der Waals surface area contributed by atoms with E-state index in [9.17, 15) is 13.2 Å². The smallest absolute Gasteiger partial charge is 0.255 e. The summed E-state index contributed by atoms with van der Waals surface area (Å²) in [6.07, 6.45) is -2.70. The summed E-state index contributed by atoms with van der Waals surface area (Å²) in [5, 5.41) is 0. The molecule has 1 aromatic carbocycles. The van der Waals surface area contributed by atoms with Gasteiger partial charge in [0.2, 0.25) is 0 Å². The number of nitrogens with two attached hydrogens (primary N) is 1. The summed E-state index contributed by atoms with van der Waals surface area (Å²) in [5.74, 6) is -0.592. The fourth-order valence-electron chi connectivity index (χ4n) is 1.54. The fourth-order valence-corrected chi connectivity index (χ4v) is 1.54. The Hall–Kier alpha value is -1.59. The second kappa shape index (κ2) is 5.84. The van der Waals surface area contributed by atoms with Crippen LogP contribution in [0.2, 0.25) is 0 Å². The maximum Gasteiger partial charge on any atom is 0.255 e. The van der Waals surface area contributed by atoms with Gasteiger partial charge in [-0.25, -0.2) is 13.2 Å². The van der Waals surface area contributed by atoms with Gasteiger partial charge in [-0.1, -0.05) is 0 Å². The molecule has 1 rings (SSSR count). The number of benzene rings is 1. The van der Waals surface area contributed by atoms with E-state index in [1.54, 1.807) is 13.8 Å². The van der Waals surface area contributed by atoms with Crippen molar-refractivity contribution in [2.24, 2.45) is 0 Å². The highest BCUT2D eigenvalue weighted by molar-refractivity contribution is 5.69. The Morgan fingerprint density at radius 2 is 1.94 bits per heavy atom. The van der Waals surface area contributed by atoms with Gasteiger partial charge in [0.05, 0.1) is 24.0 Å². The molecule has 0 fully saturated rings. The van der Waals surface area contributed by atoms with Crippen molar-refractivity contribution in [2.45, 2.75) is 26.4 Å². The molecule has 0 bridgehead atoms. The molecular weight excluding hydrogens is 245 g/mol. The molecule has 0 spiro atoms. The lowest BCUT2D eigenvalue weighted by molar-refractivity contribution is 0.156. The van der Waals surface area contributed by atoms with Gasteiger partial charge in [-0.2, -0.15) is 0 Å². The normalized spacial score (nSPS) is 11.1. The lowest BCUT2D eigenvalue weighted by Crippen LogP contribution is -2.25.